The zero-order valence-corrected chi connectivity index (χ0v) is 8.70. The van der Waals surface area contributed by atoms with Crippen molar-refractivity contribution < 1.29 is 9.84 Å². The van der Waals surface area contributed by atoms with Gasteiger partial charge in [0.15, 0.2) is 0 Å². The number of ether oxygens (including phenoxy) is 1. The molecule has 0 saturated heterocycles. The molecule has 2 rings (SSSR count). The van der Waals surface area contributed by atoms with Gasteiger partial charge in [-0.2, -0.15) is 0 Å². The minimum Gasteiger partial charge on any atom is -0.493 e. The molecule has 1 aliphatic rings. The van der Waals surface area contributed by atoms with Crippen molar-refractivity contribution in [2.75, 3.05) is 6.61 Å². The fraction of sp³-hybridized carbons (Fsp3) is 0.400. The Balaban J connectivity index is 2.40. The van der Waals surface area contributed by atoms with Crippen LogP contribution in [0.4, 0.5) is 0 Å². The lowest BCUT2D eigenvalue weighted by atomic mass is 10.1. The Hall–Kier alpha value is -0.540. The van der Waals surface area contributed by atoms with Crippen molar-refractivity contribution in [3.05, 3.63) is 29.8 Å². The zero-order valence-electron chi connectivity index (χ0n) is 7.11. The van der Waals surface area contributed by atoms with Crippen LogP contribution in [0.2, 0.25) is 0 Å². The van der Waals surface area contributed by atoms with E-state index in [4.69, 9.17) is 4.74 Å². The fourth-order valence-electron chi connectivity index (χ4n) is 1.49. The van der Waals surface area contributed by atoms with Gasteiger partial charge in [0.2, 0.25) is 0 Å². The molecule has 2 atom stereocenters. The second-order valence-electron chi connectivity index (χ2n) is 3.14. The smallest absolute Gasteiger partial charge is 0.125 e. The summed E-state index contributed by atoms with van der Waals surface area (Å²) in [7, 11) is 0. The molecule has 1 aromatic rings. The van der Waals surface area contributed by atoms with Crippen LogP contribution >= 0.6 is 15.9 Å². The highest BCUT2D eigenvalue weighted by Gasteiger charge is 2.24. The lowest BCUT2D eigenvalue weighted by Gasteiger charge is -2.13. The topological polar surface area (TPSA) is 29.5 Å². The summed E-state index contributed by atoms with van der Waals surface area (Å²) in [6.07, 6.45) is 0.370. The van der Waals surface area contributed by atoms with Gasteiger partial charge >= 0.3 is 0 Å². The molecule has 3 heteroatoms. The second kappa shape index (κ2) is 3.68. The molecule has 13 heavy (non-hydrogen) atoms. The van der Waals surface area contributed by atoms with Crippen molar-refractivity contribution in [1.82, 2.24) is 0 Å². The first kappa shape index (κ1) is 9.03. The zero-order chi connectivity index (χ0) is 9.26. The molecular formula is C10H11BrO2. The Morgan fingerprint density at radius 3 is 3.00 bits per heavy atom. The molecule has 0 unspecified atom stereocenters. The van der Waals surface area contributed by atoms with Gasteiger partial charge in [-0.05, 0) is 12.5 Å². The monoisotopic (exact) mass is 242 g/mol. The van der Waals surface area contributed by atoms with Crippen LogP contribution in [0.5, 0.6) is 5.75 Å². The van der Waals surface area contributed by atoms with Gasteiger partial charge in [-0.1, -0.05) is 34.1 Å². The Morgan fingerprint density at radius 1 is 1.38 bits per heavy atom. The third-order valence-electron chi connectivity index (χ3n) is 2.23. The van der Waals surface area contributed by atoms with Crippen molar-refractivity contribution in [2.24, 2.45) is 0 Å². The van der Waals surface area contributed by atoms with Gasteiger partial charge in [0, 0.05) is 10.4 Å². The first-order valence-corrected chi connectivity index (χ1v) is 5.24. The number of aliphatic hydroxyl groups excluding tert-OH is 1. The largest absolute Gasteiger partial charge is 0.493 e. The van der Waals surface area contributed by atoms with Gasteiger partial charge < -0.3 is 9.84 Å². The Morgan fingerprint density at radius 2 is 2.15 bits per heavy atom. The number of alkyl halides is 1. The number of hydrogen-bond acceptors (Lipinski definition) is 2. The normalized spacial score (nSPS) is 27.2. The second-order valence-corrected chi connectivity index (χ2v) is 4.31. The van der Waals surface area contributed by atoms with E-state index in [1.807, 2.05) is 24.3 Å². The van der Waals surface area contributed by atoms with E-state index in [1.165, 1.54) is 0 Å². The predicted molar refractivity (Wildman–Crippen MR) is 54.2 cm³/mol. The SMILES string of the molecule is O[C@@H]1c2ccccc2OCC[C@@H]1Br. The van der Waals surface area contributed by atoms with Gasteiger partial charge in [0.25, 0.3) is 0 Å². The summed E-state index contributed by atoms with van der Waals surface area (Å²) in [4.78, 5) is 0.0937. The van der Waals surface area contributed by atoms with E-state index in [0.717, 1.165) is 17.7 Å². The first-order chi connectivity index (χ1) is 6.29. The van der Waals surface area contributed by atoms with E-state index in [-0.39, 0.29) is 4.83 Å². The number of aliphatic hydroxyl groups is 1. The molecule has 0 spiro atoms. The fourth-order valence-corrected chi connectivity index (χ4v) is 1.96. The van der Waals surface area contributed by atoms with Crippen LogP contribution < -0.4 is 4.74 Å². The van der Waals surface area contributed by atoms with E-state index in [2.05, 4.69) is 15.9 Å². The molecule has 0 aliphatic carbocycles. The average Bonchev–Trinajstić information content (AvgIpc) is 2.29. The van der Waals surface area contributed by atoms with Gasteiger partial charge in [0.1, 0.15) is 5.75 Å². The third kappa shape index (κ3) is 1.71. The molecule has 2 nitrogen and oxygen atoms in total. The van der Waals surface area contributed by atoms with Crippen LogP contribution in [0.15, 0.2) is 24.3 Å². The van der Waals surface area contributed by atoms with Crippen LogP contribution in [0.1, 0.15) is 18.1 Å². The molecule has 1 aliphatic heterocycles. The molecule has 0 fully saturated rings. The van der Waals surface area contributed by atoms with E-state index in [0.29, 0.717) is 6.61 Å². The van der Waals surface area contributed by atoms with Gasteiger partial charge in [-0.25, -0.2) is 0 Å². The number of hydrogen-bond donors (Lipinski definition) is 1. The lowest BCUT2D eigenvalue weighted by molar-refractivity contribution is 0.176. The summed E-state index contributed by atoms with van der Waals surface area (Å²) in [5, 5.41) is 9.88. The maximum Gasteiger partial charge on any atom is 0.125 e. The highest BCUT2D eigenvalue weighted by Crippen LogP contribution is 2.34. The van der Waals surface area contributed by atoms with Crippen LogP contribution in [0.25, 0.3) is 0 Å². The van der Waals surface area contributed by atoms with Gasteiger partial charge in [-0.3, -0.25) is 0 Å². The van der Waals surface area contributed by atoms with E-state index < -0.39 is 6.10 Å². The first-order valence-electron chi connectivity index (χ1n) is 4.33. The number of benzene rings is 1. The van der Waals surface area contributed by atoms with Crippen molar-refractivity contribution in [2.45, 2.75) is 17.4 Å². The number of fused-ring (bicyclic) bond motifs is 1. The standard InChI is InChI=1S/C10H11BrO2/c11-8-5-6-13-9-4-2-1-3-7(9)10(8)12/h1-4,8,10,12H,5-6H2/t8-,10+/m0/s1. The van der Waals surface area contributed by atoms with Gasteiger partial charge in [-0.15, -0.1) is 0 Å². The molecule has 1 aromatic carbocycles. The number of rotatable bonds is 0. The summed E-state index contributed by atoms with van der Waals surface area (Å²) in [5.41, 5.74) is 0.877. The molecule has 1 heterocycles. The molecule has 0 bridgehead atoms. The Bertz CT molecular complexity index is 301. The highest BCUT2D eigenvalue weighted by atomic mass is 79.9. The molecular weight excluding hydrogens is 232 g/mol. The number of para-hydroxylation sites is 1. The molecule has 0 amide bonds. The maximum absolute atomic E-state index is 9.88. The average molecular weight is 243 g/mol. The summed E-state index contributed by atoms with van der Waals surface area (Å²) < 4.78 is 5.50. The van der Waals surface area contributed by atoms with Crippen LogP contribution in [0, 0.1) is 0 Å². The molecule has 1 N–H and O–H groups in total. The van der Waals surface area contributed by atoms with Crippen LogP contribution in [-0.4, -0.2) is 16.5 Å². The minimum atomic E-state index is -0.460. The van der Waals surface area contributed by atoms with Crippen LogP contribution in [0.3, 0.4) is 0 Å². The maximum atomic E-state index is 9.88. The van der Waals surface area contributed by atoms with Crippen LogP contribution in [-0.2, 0) is 0 Å². The summed E-state index contributed by atoms with van der Waals surface area (Å²) in [6, 6.07) is 7.62. The quantitative estimate of drug-likeness (QED) is 0.708. The third-order valence-corrected chi connectivity index (χ3v) is 3.19. The highest BCUT2D eigenvalue weighted by molar-refractivity contribution is 9.09. The van der Waals surface area contributed by atoms with Crippen molar-refractivity contribution >= 4 is 15.9 Å². The summed E-state index contributed by atoms with van der Waals surface area (Å²) >= 11 is 3.44. The van der Waals surface area contributed by atoms with Crippen molar-refractivity contribution in [3.63, 3.8) is 0 Å². The summed E-state index contributed by atoms with van der Waals surface area (Å²) in [5.74, 6) is 0.803. The number of halogens is 1. The molecule has 0 saturated carbocycles. The molecule has 70 valence electrons. The van der Waals surface area contributed by atoms with Crippen molar-refractivity contribution in [3.8, 4) is 5.75 Å². The molecule has 0 aromatic heterocycles. The predicted octanol–water partition coefficient (Wildman–Crippen LogP) is 2.27. The Labute approximate surface area is 85.7 Å². The molecule has 0 radical (unpaired) electrons. The van der Waals surface area contributed by atoms with Crippen molar-refractivity contribution in [1.29, 1.82) is 0 Å². The minimum absolute atomic E-state index is 0.0937. The van der Waals surface area contributed by atoms with E-state index >= 15 is 0 Å². The lowest BCUT2D eigenvalue weighted by Crippen LogP contribution is -2.10. The Kier molecular flexibility index (Phi) is 2.56. The van der Waals surface area contributed by atoms with E-state index in [9.17, 15) is 5.11 Å². The van der Waals surface area contributed by atoms with E-state index in [1.54, 1.807) is 0 Å². The van der Waals surface area contributed by atoms with Gasteiger partial charge in [0.05, 0.1) is 12.7 Å². The summed E-state index contributed by atoms with van der Waals surface area (Å²) in [6.45, 7) is 0.657.